The van der Waals surface area contributed by atoms with Crippen molar-refractivity contribution in [1.82, 2.24) is 35.1 Å². The molecule has 0 bridgehead atoms. The van der Waals surface area contributed by atoms with E-state index < -0.39 is 0 Å². The van der Waals surface area contributed by atoms with Gasteiger partial charge in [-0.3, -0.25) is 14.0 Å². The van der Waals surface area contributed by atoms with Crippen molar-refractivity contribution in [3.63, 3.8) is 0 Å². The molecule has 3 N–H and O–H groups in total. The number of nitrogens with one attached hydrogen (secondary N) is 3. The Morgan fingerprint density at radius 2 is 1.75 bits per heavy atom. The molecule has 0 unspecified atom stereocenters. The van der Waals surface area contributed by atoms with Gasteiger partial charge >= 0.3 is 0 Å². The fourth-order valence-corrected chi connectivity index (χ4v) is 4.43. The molecule has 1 saturated heterocycles. The van der Waals surface area contributed by atoms with Crippen molar-refractivity contribution < 1.29 is 9.59 Å². The van der Waals surface area contributed by atoms with E-state index in [0.29, 0.717) is 54.3 Å². The Morgan fingerprint density at radius 3 is 2.56 bits per heavy atom. The number of amides is 2. The Kier molecular flexibility index (Phi) is 7.03. The number of anilines is 1. The van der Waals surface area contributed by atoms with Crippen LogP contribution in [0, 0.1) is 6.92 Å². The standard InChI is InChI=1S/C26H30N8O2/c1-18-31-32-24-23(28-11-5-6-12-29-25(35)19-7-3-2-4-8-19)30-21-17-20(9-10-22(21)34(18)24)26(36)33-15-13-27-14-16-33/h2-4,7-10,17,27H,5-6,11-16H2,1H3,(H,28,30)(H,29,35). The largest absolute Gasteiger partial charge is 0.367 e. The third kappa shape index (κ3) is 4.99. The number of piperazine rings is 1. The number of nitrogens with zero attached hydrogens (tertiary/aromatic N) is 5. The number of benzene rings is 2. The third-order valence-corrected chi connectivity index (χ3v) is 6.35. The molecule has 0 atom stereocenters. The Bertz CT molecular complexity index is 1380. The number of carbonyl (C=O) groups excluding carboxylic acids is 2. The van der Waals surface area contributed by atoms with E-state index in [4.69, 9.17) is 4.98 Å². The van der Waals surface area contributed by atoms with Crippen LogP contribution in [0.15, 0.2) is 48.5 Å². The number of aromatic nitrogens is 4. The summed E-state index contributed by atoms with van der Waals surface area (Å²) < 4.78 is 1.96. The SMILES string of the molecule is Cc1nnc2c(NCCCCNC(=O)c3ccccc3)nc3cc(C(=O)N4CCNCC4)ccc3n12. The summed E-state index contributed by atoms with van der Waals surface area (Å²) in [5.74, 6) is 1.34. The summed E-state index contributed by atoms with van der Waals surface area (Å²) in [6, 6.07) is 14.8. The minimum absolute atomic E-state index is 0.0211. The van der Waals surface area contributed by atoms with Crippen LogP contribution in [-0.4, -0.2) is 75.6 Å². The van der Waals surface area contributed by atoms with E-state index in [0.717, 1.165) is 37.3 Å². The van der Waals surface area contributed by atoms with Gasteiger partial charge in [0.2, 0.25) is 5.65 Å². The van der Waals surface area contributed by atoms with Crippen LogP contribution in [0.4, 0.5) is 5.82 Å². The summed E-state index contributed by atoms with van der Waals surface area (Å²) in [4.78, 5) is 31.9. The Balaban J connectivity index is 1.26. The molecular weight excluding hydrogens is 456 g/mol. The molecule has 10 nitrogen and oxygen atoms in total. The maximum atomic E-state index is 13.0. The molecule has 1 aliphatic rings. The predicted molar refractivity (Wildman–Crippen MR) is 138 cm³/mol. The molecule has 0 spiro atoms. The maximum Gasteiger partial charge on any atom is 0.254 e. The van der Waals surface area contributed by atoms with Gasteiger partial charge in [0.1, 0.15) is 5.82 Å². The average molecular weight is 487 g/mol. The van der Waals surface area contributed by atoms with Gasteiger partial charge in [-0.05, 0) is 50.1 Å². The number of carbonyl (C=O) groups is 2. The van der Waals surface area contributed by atoms with E-state index in [-0.39, 0.29) is 11.8 Å². The van der Waals surface area contributed by atoms with Crippen LogP contribution in [-0.2, 0) is 0 Å². The average Bonchev–Trinajstić information content (AvgIpc) is 3.32. The van der Waals surface area contributed by atoms with Crippen LogP contribution in [0.1, 0.15) is 39.4 Å². The quantitative estimate of drug-likeness (QED) is 0.327. The zero-order chi connectivity index (χ0) is 24.9. The van der Waals surface area contributed by atoms with Crippen LogP contribution in [0.2, 0.25) is 0 Å². The molecule has 5 rings (SSSR count). The topological polar surface area (TPSA) is 117 Å². The summed E-state index contributed by atoms with van der Waals surface area (Å²) >= 11 is 0. The van der Waals surface area contributed by atoms with Crippen LogP contribution in [0.5, 0.6) is 0 Å². The smallest absolute Gasteiger partial charge is 0.254 e. The van der Waals surface area contributed by atoms with E-state index in [9.17, 15) is 9.59 Å². The van der Waals surface area contributed by atoms with E-state index >= 15 is 0 Å². The first-order chi connectivity index (χ1) is 17.6. The molecule has 10 heteroatoms. The summed E-state index contributed by atoms with van der Waals surface area (Å²) in [6.45, 7) is 6.18. The second kappa shape index (κ2) is 10.7. The van der Waals surface area contributed by atoms with Gasteiger partial charge in [-0.2, -0.15) is 0 Å². The van der Waals surface area contributed by atoms with Crippen LogP contribution in [0.3, 0.4) is 0 Å². The lowest BCUT2D eigenvalue weighted by atomic mass is 10.1. The van der Waals surface area contributed by atoms with Crippen molar-refractivity contribution in [3.05, 3.63) is 65.5 Å². The lowest BCUT2D eigenvalue weighted by Gasteiger charge is -2.27. The molecule has 2 amide bonds. The molecule has 1 aliphatic heterocycles. The first kappa shape index (κ1) is 23.7. The number of fused-ring (bicyclic) bond motifs is 3. The zero-order valence-electron chi connectivity index (χ0n) is 20.3. The second-order valence-electron chi connectivity index (χ2n) is 8.87. The van der Waals surface area contributed by atoms with E-state index in [1.807, 2.05) is 52.6 Å². The lowest BCUT2D eigenvalue weighted by molar-refractivity contribution is 0.0735. The van der Waals surface area contributed by atoms with Gasteiger partial charge in [-0.1, -0.05) is 18.2 Å². The summed E-state index contributed by atoms with van der Waals surface area (Å²) in [5, 5.41) is 18.2. The van der Waals surface area contributed by atoms with E-state index in [2.05, 4.69) is 26.1 Å². The van der Waals surface area contributed by atoms with Gasteiger partial charge in [0.15, 0.2) is 5.82 Å². The highest BCUT2D eigenvalue weighted by Gasteiger charge is 2.20. The normalized spacial score (nSPS) is 13.8. The van der Waals surface area contributed by atoms with Gasteiger partial charge in [-0.25, -0.2) is 4.98 Å². The predicted octanol–water partition coefficient (Wildman–Crippen LogP) is 2.25. The summed E-state index contributed by atoms with van der Waals surface area (Å²) in [7, 11) is 0. The first-order valence-electron chi connectivity index (χ1n) is 12.3. The Hall–Kier alpha value is -4.05. The van der Waals surface area contributed by atoms with Crippen molar-refractivity contribution in [3.8, 4) is 0 Å². The fourth-order valence-electron chi connectivity index (χ4n) is 4.43. The Morgan fingerprint density at radius 1 is 0.972 bits per heavy atom. The number of rotatable bonds is 8. The van der Waals surface area contributed by atoms with Crippen molar-refractivity contribution in [2.45, 2.75) is 19.8 Å². The highest BCUT2D eigenvalue weighted by atomic mass is 16.2. The number of unbranched alkanes of at least 4 members (excludes halogenated alkanes) is 1. The molecule has 3 heterocycles. The minimum atomic E-state index is -0.0634. The number of hydrogen-bond donors (Lipinski definition) is 3. The highest BCUT2D eigenvalue weighted by Crippen LogP contribution is 2.23. The van der Waals surface area contributed by atoms with Crippen LogP contribution in [0.25, 0.3) is 16.7 Å². The van der Waals surface area contributed by atoms with Crippen molar-refractivity contribution in [1.29, 1.82) is 0 Å². The van der Waals surface area contributed by atoms with Gasteiger partial charge < -0.3 is 20.9 Å². The minimum Gasteiger partial charge on any atom is -0.367 e. The van der Waals surface area contributed by atoms with Gasteiger partial charge in [-0.15, -0.1) is 10.2 Å². The molecule has 4 aromatic rings. The monoisotopic (exact) mass is 486 g/mol. The molecule has 0 aliphatic carbocycles. The van der Waals surface area contributed by atoms with Crippen molar-refractivity contribution >= 4 is 34.3 Å². The molecule has 0 saturated carbocycles. The first-order valence-corrected chi connectivity index (χ1v) is 12.3. The molecule has 36 heavy (non-hydrogen) atoms. The number of aryl methyl sites for hydroxylation is 1. The molecule has 186 valence electrons. The Labute approximate surface area is 209 Å². The molecule has 0 radical (unpaired) electrons. The van der Waals surface area contributed by atoms with Crippen molar-refractivity contribution in [2.24, 2.45) is 0 Å². The second-order valence-corrected chi connectivity index (χ2v) is 8.87. The third-order valence-electron chi connectivity index (χ3n) is 6.35. The highest BCUT2D eigenvalue weighted by molar-refractivity contribution is 5.98. The molecule has 2 aromatic heterocycles. The molecular formula is C26H30N8O2. The summed E-state index contributed by atoms with van der Waals surface area (Å²) in [6.07, 6.45) is 1.67. The lowest BCUT2D eigenvalue weighted by Crippen LogP contribution is -2.46. The molecule has 2 aromatic carbocycles. The summed E-state index contributed by atoms with van der Waals surface area (Å²) in [5.41, 5.74) is 3.51. The van der Waals surface area contributed by atoms with E-state index in [1.54, 1.807) is 12.1 Å². The van der Waals surface area contributed by atoms with Crippen molar-refractivity contribution in [2.75, 3.05) is 44.6 Å². The number of hydrogen-bond acceptors (Lipinski definition) is 7. The van der Waals surface area contributed by atoms with E-state index in [1.165, 1.54) is 0 Å². The van der Waals surface area contributed by atoms with Crippen LogP contribution >= 0.6 is 0 Å². The maximum absolute atomic E-state index is 13.0. The fraction of sp³-hybridized carbons (Fsp3) is 0.346. The zero-order valence-corrected chi connectivity index (χ0v) is 20.3. The van der Waals surface area contributed by atoms with Gasteiger partial charge in [0.25, 0.3) is 11.8 Å². The van der Waals surface area contributed by atoms with Gasteiger partial charge in [0.05, 0.1) is 11.0 Å². The van der Waals surface area contributed by atoms with Gasteiger partial charge in [0, 0.05) is 50.4 Å². The van der Waals surface area contributed by atoms with Crippen LogP contribution < -0.4 is 16.0 Å². The molecule has 1 fully saturated rings.